The number of aromatic carboxylic acids is 1. The lowest BCUT2D eigenvalue weighted by Gasteiger charge is -2.09. The van der Waals surface area contributed by atoms with E-state index in [1.165, 1.54) is 0 Å². The highest BCUT2D eigenvalue weighted by molar-refractivity contribution is 5.89. The summed E-state index contributed by atoms with van der Waals surface area (Å²) in [7, 11) is 0. The van der Waals surface area contributed by atoms with E-state index in [-0.39, 0.29) is 5.56 Å². The van der Waals surface area contributed by atoms with Gasteiger partial charge in [0.2, 0.25) is 0 Å². The molecule has 0 spiro atoms. The van der Waals surface area contributed by atoms with Gasteiger partial charge in [0.05, 0.1) is 5.56 Å². The number of carbonyl (C=O) groups is 1. The van der Waals surface area contributed by atoms with Gasteiger partial charge in [-0.1, -0.05) is 19.4 Å². The van der Waals surface area contributed by atoms with Crippen molar-refractivity contribution in [3.63, 3.8) is 0 Å². The minimum atomic E-state index is -0.945. The summed E-state index contributed by atoms with van der Waals surface area (Å²) in [5.74, 6) is 0.440. The first-order valence-corrected chi connectivity index (χ1v) is 6.53. The molecule has 0 aliphatic carbocycles. The number of carboxylic acid groups (broad SMARTS) is 1. The molecule has 0 fully saturated rings. The normalized spacial score (nSPS) is 10.3. The Hall–Kier alpha value is -2.43. The van der Waals surface area contributed by atoms with E-state index < -0.39 is 5.97 Å². The van der Waals surface area contributed by atoms with Crippen LogP contribution in [0.1, 0.15) is 35.2 Å². The van der Waals surface area contributed by atoms with Crippen molar-refractivity contribution in [1.82, 2.24) is 9.97 Å². The fraction of sp³-hybridized carbons (Fsp3) is 0.267. The Balaban J connectivity index is 2.25. The molecular weight excluding hydrogens is 254 g/mol. The molecular formula is C15H17N3O2. The third-order valence-corrected chi connectivity index (χ3v) is 2.78. The van der Waals surface area contributed by atoms with Crippen LogP contribution in [-0.4, -0.2) is 21.0 Å². The first-order valence-electron chi connectivity index (χ1n) is 6.53. The highest BCUT2D eigenvalue weighted by Gasteiger charge is 2.05. The lowest BCUT2D eigenvalue weighted by molar-refractivity contribution is 0.0697. The van der Waals surface area contributed by atoms with E-state index in [9.17, 15) is 4.79 Å². The standard InChI is InChI=1S/C15H17N3O2/c1-3-5-12-9-14(17-10(2)16-12)18-13-7-4-6-11(8-13)15(19)20/h4,6-9H,3,5H2,1-2H3,(H,19,20)(H,16,17,18). The van der Waals surface area contributed by atoms with Crippen LogP contribution in [0.5, 0.6) is 0 Å². The fourth-order valence-corrected chi connectivity index (χ4v) is 1.96. The van der Waals surface area contributed by atoms with E-state index in [0.29, 0.717) is 17.3 Å². The fourth-order valence-electron chi connectivity index (χ4n) is 1.96. The monoisotopic (exact) mass is 271 g/mol. The summed E-state index contributed by atoms with van der Waals surface area (Å²) in [6.45, 7) is 3.94. The Labute approximate surface area is 117 Å². The molecule has 0 bridgehead atoms. The van der Waals surface area contributed by atoms with E-state index in [2.05, 4.69) is 22.2 Å². The number of anilines is 2. The minimum Gasteiger partial charge on any atom is -0.478 e. The van der Waals surface area contributed by atoms with Gasteiger partial charge in [0, 0.05) is 17.4 Å². The molecule has 0 aliphatic heterocycles. The predicted molar refractivity (Wildman–Crippen MR) is 77.4 cm³/mol. The van der Waals surface area contributed by atoms with E-state index in [1.54, 1.807) is 18.2 Å². The van der Waals surface area contributed by atoms with Gasteiger partial charge in [0.25, 0.3) is 0 Å². The Kier molecular flexibility index (Phi) is 4.30. The second-order valence-corrected chi connectivity index (χ2v) is 4.55. The average molecular weight is 271 g/mol. The number of nitrogens with one attached hydrogen (secondary N) is 1. The predicted octanol–water partition coefficient (Wildman–Crippen LogP) is 3.18. The Morgan fingerprint density at radius 3 is 2.80 bits per heavy atom. The molecule has 0 amide bonds. The molecule has 0 unspecified atom stereocenters. The van der Waals surface area contributed by atoms with Crippen LogP contribution in [-0.2, 0) is 6.42 Å². The van der Waals surface area contributed by atoms with Crippen molar-refractivity contribution >= 4 is 17.5 Å². The van der Waals surface area contributed by atoms with Crippen molar-refractivity contribution in [2.45, 2.75) is 26.7 Å². The highest BCUT2D eigenvalue weighted by atomic mass is 16.4. The quantitative estimate of drug-likeness (QED) is 0.873. The number of aryl methyl sites for hydroxylation is 2. The molecule has 20 heavy (non-hydrogen) atoms. The maximum absolute atomic E-state index is 10.9. The van der Waals surface area contributed by atoms with E-state index in [4.69, 9.17) is 5.11 Å². The summed E-state index contributed by atoms with van der Waals surface area (Å²) in [4.78, 5) is 19.6. The van der Waals surface area contributed by atoms with Gasteiger partial charge in [0.15, 0.2) is 0 Å². The van der Waals surface area contributed by atoms with E-state index >= 15 is 0 Å². The number of rotatable bonds is 5. The number of hydrogen-bond acceptors (Lipinski definition) is 4. The smallest absolute Gasteiger partial charge is 0.335 e. The van der Waals surface area contributed by atoms with Gasteiger partial charge in [-0.15, -0.1) is 0 Å². The summed E-state index contributed by atoms with van der Waals surface area (Å²) < 4.78 is 0. The van der Waals surface area contributed by atoms with Crippen molar-refractivity contribution in [3.8, 4) is 0 Å². The Morgan fingerprint density at radius 2 is 2.10 bits per heavy atom. The number of nitrogens with zero attached hydrogens (tertiary/aromatic N) is 2. The van der Waals surface area contributed by atoms with Crippen LogP contribution < -0.4 is 5.32 Å². The van der Waals surface area contributed by atoms with Crippen LogP contribution in [0.25, 0.3) is 0 Å². The largest absolute Gasteiger partial charge is 0.478 e. The molecule has 0 saturated heterocycles. The Morgan fingerprint density at radius 1 is 1.30 bits per heavy atom. The van der Waals surface area contributed by atoms with E-state index in [0.717, 1.165) is 18.5 Å². The SMILES string of the molecule is CCCc1cc(Nc2cccc(C(=O)O)c2)nc(C)n1. The third-order valence-electron chi connectivity index (χ3n) is 2.78. The zero-order valence-corrected chi connectivity index (χ0v) is 11.6. The van der Waals surface area contributed by atoms with Gasteiger partial charge in [-0.05, 0) is 31.5 Å². The molecule has 1 heterocycles. The van der Waals surface area contributed by atoms with Gasteiger partial charge in [-0.2, -0.15) is 0 Å². The van der Waals surface area contributed by atoms with Gasteiger partial charge in [-0.25, -0.2) is 14.8 Å². The van der Waals surface area contributed by atoms with Gasteiger partial charge in [-0.3, -0.25) is 0 Å². The van der Waals surface area contributed by atoms with E-state index in [1.807, 2.05) is 19.1 Å². The molecule has 2 aromatic rings. The zero-order chi connectivity index (χ0) is 14.5. The molecule has 2 N–H and O–H groups in total. The van der Waals surface area contributed by atoms with Gasteiger partial charge >= 0.3 is 5.97 Å². The molecule has 1 aromatic carbocycles. The molecule has 2 rings (SSSR count). The topological polar surface area (TPSA) is 75.1 Å². The number of aromatic nitrogens is 2. The molecule has 0 aliphatic rings. The minimum absolute atomic E-state index is 0.245. The molecule has 1 aromatic heterocycles. The number of hydrogen-bond donors (Lipinski definition) is 2. The summed E-state index contributed by atoms with van der Waals surface area (Å²) in [6.07, 6.45) is 1.91. The molecule has 5 heteroatoms. The molecule has 0 saturated carbocycles. The van der Waals surface area contributed by atoms with Crippen LogP contribution >= 0.6 is 0 Å². The summed E-state index contributed by atoms with van der Waals surface area (Å²) >= 11 is 0. The lowest BCUT2D eigenvalue weighted by atomic mass is 10.2. The van der Waals surface area contributed by atoms with Crippen LogP contribution in [0, 0.1) is 6.92 Å². The second-order valence-electron chi connectivity index (χ2n) is 4.55. The summed E-state index contributed by atoms with van der Waals surface area (Å²) in [5, 5.41) is 12.1. The zero-order valence-electron chi connectivity index (χ0n) is 11.6. The lowest BCUT2D eigenvalue weighted by Crippen LogP contribution is -2.02. The molecule has 0 radical (unpaired) electrons. The van der Waals surface area contributed by atoms with Gasteiger partial charge in [0.1, 0.15) is 11.6 Å². The van der Waals surface area contributed by atoms with Crippen molar-refractivity contribution in [3.05, 3.63) is 47.4 Å². The Bertz CT molecular complexity index is 626. The maximum Gasteiger partial charge on any atom is 0.335 e. The maximum atomic E-state index is 10.9. The number of carboxylic acids is 1. The van der Waals surface area contributed by atoms with Crippen LogP contribution in [0.3, 0.4) is 0 Å². The van der Waals surface area contributed by atoms with Crippen LogP contribution in [0.15, 0.2) is 30.3 Å². The molecule has 5 nitrogen and oxygen atoms in total. The highest BCUT2D eigenvalue weighted by Crippen LogP contribution is 2.17. The van der Waals surface area contributed by atoms with Crippen LogP contribution in [0.2, 0.25) is 0 Å². The first-order chi connectivity index (χ1) is 9.58. The van der Waals surface area contributed by atoms with Crippen LogP contribution in [0.4, 0.5) is 11.5 Å². The molecule has 0 atom stereocenters. The van der Waals surface area contributed by atoms with Crippen molar-refractivity contribution < 1.29 is 9.90 Å². The molecule has 104 valence electrons. The van der Waals surface area contributed by atoms with Crippen molar-refractivity contribution in [2.75, 3.05) is 5.32 Å². The summed E-state index contributed by atoms with van der Waals surface area (Å²) in [6, 6.07) is 8.54. The first kappa shape index (κ1) is 14.0. The second kappa shape index (κ2) is 6.14. The third kappa shape index (κ3) is 3.54. The van der Waals surface area contributed by atoms with Crippen molar-refractivity contribution in [2.24, 2.45) is 0 Å². The summed E-state index contributed by atoms with van der Waals surface area (Å²) in [5.41, 5.74) is 1.93. The van der Waals surface area contributed by atoms with Crippen molar-refractivity contribution in [1.29, 1.82) is 0 Å². The average Bonchev–Trinajstić information content (AvgIpc) is 2.38. The van der Waals surface area contributed by atoms with Gasteiger partial charge < -0.3 is 10.4 Å². The number of benzene rings is 1.